The van der Waals surface area contributed by atoms with Gasteiger partial charge in [-0.3, -0.25) is 0 Å². The first kappa shape index (κ1) is 6.71. The van der Waals surface area contributed by atoms with Crippen molar-refractivity contribution >= 4 is 11.3 Å². The second kappa shape index (κ2) is 2.94. The Kier molecular flexibility index (Phi) is 2.19. The molecule has 50 valence electrons. The Hall–Kier alpha value is -0.410. The predicted molar refractivity (Wildman–Crippen MR) is 37.6 cm³/mol. The van der Waals surface area contributed by atoms with Crippen LogP contribution in [0, 0.1) is 0 Å². The van der Waals surface area contributed by atoms with Crippen molar-refractivity contribution in [2.24, 2.45) is 0 Å². The molecule has 0 saturated carbocycles. The SMILES string of the molecule is CC(CO)c1nccs1. The largest absolute Gasteiger partial charge is 0.396 e. The lowest BCUT2D eigenvalue weighted by atomic mass is 10.2. The maximum atomic E-state index is 8.67. The number of hydrogen-bond acceptors (Lipinski definition) is 3. The molecule has 0 radical (unpaired) electrons. The Morgan fingerprint density at radius 2 is 2.67 bits per heavy atom. The number of aliphatic hydroxyl groups excluding tert-OH is 1. The van der Waals surface area contributed by atoms with E-state index < -0.39 is 0 Å². The van der Waals surface area contributed by atoms with E-state index in [1.807, 2.05) is 12.3 Å². The van der Waals surface area contributed by atoms with Gasteiger partial charge in [-0.2, -0.15) is 0 Å². The fourth-order valence-corrected chi connectivity index (χ4v) is 1.25. The molecule has 1 aromatic rings. The molecule has 0 aliphatic carbocycles. The number of nitrogens with zero attached hydrogens (tertiary/aromatic N) is 1. The van der Waals surface area contributed by atoms with Crippen LogP contribution in [0.3, 0.4) is 0 Å². The van der Waals surface area contributed by atoms with E-state index >= 15 is 0 Å². The highest BCUT2D eigenvalue weighted by Crippen LogP contribution is 2.15. The van der Waals surface area contributed by atoms with Gasteiger partial charge in [-0.25, -0.2) is 4.98 Å². The molecule has 0 spiro atoms. The van der Waals surface area contributed by atoms with Crippen molar-refractivity contribution in [2.45, 2.75) is 12.8 Å². The molecular weight excluding hydrogens is 134 g/mol. The molecule has 2 nitrogen and oxygen atoms in total. The molecule has 0 fully saturated rings. The normalized spacial score (nSPS) is 13.6. The number of hydrogen-bond donors (Lipinski definition) is 1. The summed E-state index contributed by atoms with van der Waals surface area (Å²) in [6, 6.07) is 0. The number of rotatable bonds is 2. The lowest BCUT2D eigenvalue weighted by molar-refractivity contribution is 0.273. The van der Waals surface area contributed by atoms with Gasteiger partial charge in [-0.15, -0.1) is 11.3 Å². The van der Waals surface area contributed by atoms with Crippen LogP contribution in [0.2, 0.25) is 0 Å². The van der Waals surface area contributed by atoms with E-state index in [4.69, 9.17) is 5.11 Å². The molecule has 0 saturated heterocycles. The molecule has 0 aliphatic heterocycles. The summed E-state index contributed by atoms with van der Waals surface area (Å²) in [5.74, 6) is 0.199. The van der Waals surface area contributed by atoms with Crippen molar-refractivity contribution in [1.82, 2.24) is 4.98 Å². The highest BCUT2D eigenvalue weighted by atomic mass is 32.1. The second-order valence-corrected chi connectivity index (χ2v) is 2.88. The zero-order chi connectivity index (χ0) is 6.69. The van der Waals surface area contributed by atoms with Crippen LogP contribution in [-0.2, 0) is 0 Å². The van der Waals surface area contributed by atoms with Crippen LogP contribution in [0.5, 0.6) is 0 Å². The maximum absolute atomic E-state index is 8.67. The minimum Gasteiger partial charge on any atom is -0.396 e. The molecule has 0 aromatic carbocycles. The lowest BCUT2D eigenvalue weighted by Gasteiger charge is -1.99. The van der Waals surface area contributed by atoms with Gasteiger partial charge in [0.15, 0.2) is 0 Å². The van der Waals surface area contributed by atoms with Crippen LogP contribution in [-0.4, -0.2) is 16.7 Å². The summed E-state index contributed by atoms with van der Waals surface area (Å²) in [6.45, 7) is 2.15. The first-order valence-electron chi connectivity index (χ1n) is 2.85. The topological polar surface area (TPSA) is 33.1 Å². The summed E-state index contributed by atoms with van der Waals surface area (Å²) in [4.78, 5) is 4.05. The van der Waals surface area contributed by atoms with Gasteiger partial charge >= 0.3 is 0 Å². The molecule has 0 bridgehead atoms. The van der Waals surface area contributed by atoms with E-state index in [0.717, 1.165) is 5.01 Å². The summed E-state index contributed by atoms with van der Waals surface area (Å²) in [5.41, 5.74) is 0. The molecule has 1 N–H and O–H groups in total. The van der Waals surface area contributed by atoms with Crippen LogP contribution < -0.4 is 0 Å². The summed E-state index contributed by atoms with van der Waals surface area (Å²) in [7, 11) is 0. The Balaban J connectivity index is 2.65. The highest BCUT2D eigenvalue weighted by molar-refractivity contribution is 7.09. The van der Waals surface area contributed by atoms with Crippen LogP contribution in [0.1, 0.15) is 17.8 Å². The van der Waals surface area contributed by atoms with Gasteiger partial charge in [0.25, 0.3) is 0 Å². The van der Waals surface area contributed by atoms with Crippen LogP contribution in [0.4, 0.5) is 0 Å². The third kappa shape index (κ3) is 1.50. The Bertz CT molecular complexity index is 162. The van der Waals surface area contributed by atoms with Crippen molar-refractivity contribution < 1.29 is 5.11 Å². The third-order valence-electron chi connectivity index (χ3n) is 1.15. The monoisotopic (exact) mass is 143 g/mol. The summed E-state index contributed by atoms with van der Waals surface area (Å²) >= 11 is 1.58. The number of aliphatic hydroxyl groups is 1. The maximum Gasteiger partial charge on any atom is 0.0975 e. The average Bonchev–Trinajstić information content (AvgIpc) is 2.37. The van der Waals surface area contributed by atoms with Gasteiger partial charge in [0.05, 0.1) is 11.6 Å². The highest BCUT2D eigenvalue weighted by Gasteiger charge is 2.04. The molecule has 0 aliphatic rings. The summed E-state index contributed by atoms with van der Waals surface area (Å²) in [6.07, 6.45) is 1.76. The molecule has 9 heavy (non-hydrogen) atoms. The second-order valence-electron chi connectivity index (χ2n) is 1.95. The quantitative estimate of drug-likeness (QED) is 0.675. The fraction of sp³-hybridized carbons (Fsp3) is 0.500. The molecule has 1 atom stereocenters. The van der Waals surface area contributed by atoms with Gasteiger partial charge in [-0.05, 0) is 0 Å². The van der Waals surface area contributed by atoms with E-state index in [9.17, 15) is 0 Å². The van der Waals surface area contributed by atoms with Gasteiger partial charge in [-0.1, -0.05) is 6.92 Å². The van der Waals surface area contributed by atoms with E-state index in [2.05, 4.69) is 4.98 Å². The van der Waals surface area contributed by atoms with Crippen molar-refractivity contribution in [3.8, 4) is 0 Å². The molecule has 1 aromatic heterocycles. The smallest absolute Gasteiger partial charge is 0.0975 e. The standard InChI is InChI=1S/C6H9NOS/c1-5(4-8)6-7-2-3-9-6/h2-3,5,8H,4H2,1H3. The van der Waals surface area contributed by atoms with Crippen molar-refractivity contribution in [2.75, 3.05) is 6.61 Å². The van der Waals surface area contributed by atoms with Crippen molar-refractivity contribution in [3.05, 3.63) is 16.6 Å². The Morgan fingerprint density at radius 3 is 3.11 bits per heavy atom. The predicted octanol–water partition coefficient (Wildman–Crippen LogP) is 1.24. The first-order chi connectivity index (χ1) is 4.34. The minimum absolute atomic E-state index is 0.188. The van der Waals surface area contributed by atoms with Crippen LogP contribution >= 0.6 is 11.3 Å². The van der Waals surface area contributed by atoms with Crippen LogP contribution in [0.25, 0.3) is 0 Å². The molecule has 1 rings (SSSR count). The first-order valence-corrected chi connectivity index (χ1v) is 3.73. The van der Waals surface area contributed by atoms with Crippen molar-refractivity contribution in [1.29, 1.82) is 0 Å². The van der Waals surface area contributed by atoms with E-state index in [0.29, 0.717) is 0 Å². The minimum atomic E-state index is 0.188. The van der Waals surface area contributed by atoms with E-state index in [1.54, 1.807) is 17.5 Å². The molecular formula is C6H9NOS. The molecule has 0 amide bonds. The summed E-state index contributed by atoms with van der Waals surface area (Å²) in [5, 5.41) is 11.6. The van der Waals surface area contributed by atoms with E-state index in [-0.39, 0.29) is 12.5 Å². The van der Waals surface area contributed by atoms with Gasteiger partial charge in [0, 0.05) is 17.5 Å². The van der Waals surface area contributed by atoms with Gasteiger partial charge < -0.3 is 5.11 Å². The zero-order valence-electron chi connectivity index (χ0n) is 5.24. The lowest BCUT2D eigenvalue weighted by Crippen LogP contribution is -1.96. The van der Waals surface area contributed by atoms with Gasteiger partial charge in [0.1, 0.15) is 0 Å². The molecule has 1 heterocycles. The number of thiazole rings is 1. The zero-order valence-corrected chi connectivity index (χ0v) is 6.06. The average molecular weight is 143 g/mol. The van der Waals surface area contributed by atoms with Crippen LogP contribution in [0.15, 0.2) is 11.6 Å². The van der Waals surface area contributed by atoms with Gasteiger partial charge in [0.2, 0.25) is 0 Å². The summed E-state index contributed by atoms with van der Waals surface area (Å²) < 4.78 is 0. The number of aromatic nitrogens is 1. The molecule has 3 heteroatoms. The fourth-order valence-electron chi connectivity index (χ4n) is 0.556. The molecule has 1 unspecified atom stereocenters. The Morgan fingerprint density at radius 1 is 1.89 bits per heavy atom. The Labute approximate surface area is 58.2 Å². The van der Waals surface area contributed by atoms with Crippen molar-refractivity contribution in [3.63, 3.8) is 0 Å². The van der Waals surface area contributed by atoms with E-state index in [1.165, 1.54) is 0 Å². The third-order valence-corrected chi connectivity index (χ3v) is 2.15.